The molecule has 2 aromatic heterocycles. The van der Waals surface area contributed by atoms with E-state index in [1.807, 2.05) is 12.1 Å². The Morgan fingerprint density at radius 1 is 1.10 bits per heavy atom. The Morgan fingerprint density at radius 3 is 2.57 bits per heavy atom. The van der Waals surface area contributed by atoms with Crippen LogP contribution in [-0.4, -0.2) is 30.5 Å². The third kappa shape index (κ3) is 4.30. The lowest BCUT2D eigenvalue weighted by atomic mass is 10.3. The van der Waals surface area contributed by atoms with Gasteiger partial charge < -0.3 is 15.4 Å². The zero-order valence-electron chi connectivity index (χ0n) is 15.5. The molecule has 0 aliphatic heterocycles. The Bertz CT molecular complexity index is 1330. The van der Waals surface area contributed by atoms with Crippen LogP contribution >= 0.6 is 11.3 Å². The van der Waals surface area contributed by atoms with Gasteiger partial charge in [0.1, 0.15) is 5.75 Å². The van der Waals surface area contributed by atoms with Crippen molar-refractivity contribution in [3.05, 3.63) is 54.5 Å². The molecule has 0 unspecified atom stereocenters. The molecule has 154 valence electrons. The first-order valence-corrected chi connectivity index (χ1v) is 10.8. The molecule has 12 heteroatoms. The molecule has 0 radical (unpaired) electrons. The van der Waals surface area contributed by atoms with Gasteiger partial charge in [0.15, 0.2) is 16.8 Å². The molecular weight excluding hydrogens is 431 g/mol. The normalized spacial score (nSPS) is 11.4. The van der Waals surface area contributed by atoms with Crippen molar-refractivity contribution in [2.45, 2.75) is 4.90 Å². The number of halogens is 1. The van der Waals surface area contributed by atoms with E-state index in [1.165, 1.54) is 35.6 Å². The third-order valence-corrected chi connectivity index (χ3v) is 5.87. The monoisotopic (exact) mass is 446 g/mol. The maximum absolute atomic E-state index is 14.2. The fraction of sp³-hybridized carbons (Fsp3) is 0.0556. The number of benzene rings is 2. The number of hydrogen-bond acceptors (Lipinski definition) is 9. The van der Waals surface area contributed by atoms with E-state index in [1.54, 1.807) is 13.2 Å². The molecule has 0 bridgehead atoms. The number of fused-ring (bicyclic) bond motifs is 1. The van der Waals surface area contributed by atoms with Gasteiger partial charge in [-0.15, -0.1) is 0 Å². The highest BCUT2D eigenvalue weighted by atomic mass is 32.2. The summed E-state index contributed by atoms with van der Waals surface area (Å²) in [4.78, 5) is 12.4. The highest BCUT2D eigenvalue weighted by molar-refractivity contribution is 7.89. The highest BCUT2D eigenvalue weighted by Gasteiger charge is 2.12. The number of nitrogens with one attached hydrogen (secondary N) is 2. The summed E-state index contributed by atoms with van der Waals surface area (Å²) in [7, 11) is -2.21. The van der Waals surface area contributed by atoms with E-state index >= 15 is 0 Å². The van der Waals surface area contributed by atoms with Gasteiger partial charge in [-0.25, -0.2) is 27.9 Å². The van der Waals surface area contributed by atoms with Crippen LogP contribution in [0.5, 0.6) is 5.75 Å². The van der Waals surface area contributed by atoms with E-state index in [0.29, 0.717) is 16.6 Å². The molecule has 0 aliphatic carbocycles. The predicted octanol–water partition coefficient (Wildman–Crippen LogP) is 3.37. The van der Waals surface area contributed by atoms with Crippen LogP contribution in [0.25, 0.3) is 10.2 Å². The molecule has 4 N–H and O–H groups in total. The summed E-state index contributed by atoms with van der Waals surface area (Å²) in [5.41, 5.74) is 1.25. The van der Waals surface area contributed by atoms with Gasteiger partial charge in [0.2, 0.25) is 16.0 Å². The fourth-order valence-electron chi connectivity index (χ4n) is 2.56. The molecular formula is C18H15FN6O3S2. The second-order valence-electron chi connectivity index (χ2n) is 6.06. The maximum Gasteiger partial charge on any atom is 0.238 e. The van der Waals surface area contributed by atoms with Gasteiger partial charge in [-0.1, -0.05) is 11.3 Å². The molecule has 0 saturated carbocycles. The van der Waals surface area contributed by atoms with Crippen molar-refractivity contribution in [2.24, 2.45) is 5.14 Å². The summed E-state index contributed by atoms with van der Waals surface area (Å²) in [5.74, 6) is 0.109. The van der Waals surface area contributed by atoms with E-state index in [0.717, 1.165) is 16.4 Å². The largest absolute Gasteiger partial charge is 0.497 e. The summed E-state index contributed by atoms with van der Waals surface area (Å²) in [6, 6.07) is 11.1. The number of aromatic nitrogens is 3. The van der Waals surface area contributed by atoms with Gasteiger partial charge in [-0.05, 0) is 42.5 Å². The van der Waals surface area contributed by atoms with Gasteiger partial charge >= 0.3 is 0 Å². The van der Waals surface area contributed by atoms with Crippen LogP contribution in [0.15, 0.2) is 53.6 Å². The maximum atomic E-state index is 14.2. The summed E-state index contributed by atoms with van der Waals surface area (Å²) in [5, 5.41) is 11.3. The molecule has 4 rings (SSSR count). The predicted molar refractivity (Wildman–Crippen MR) is 113 cm³/mol. The van der Waals surface area contributed by atoms with Crippen LogP contribution in [0.4, 0.5) is 27.0 Å². The molecule has 0 aliphatic rings. The fourth-order valence-corrected chi connectivity index (χ4v) is 3.97. The molecule has 0 saturated heterocycles. The number of methoxy groups -OCH3 is 1. The third-order valence-electron chi connectivity index (χ3n) is 4.00. The van der Waals surface area contributed by atoms with E-state index in [9.17, 15) is 12.8 Å². The molecule has 0 fully saturated rings. The minimum Gasteiger partial charge on any atom is -0.497 e. The molecule has 2 aromatic carbocycles. The number of sulfonamides is 1. The van der Waals surface area contributed by atoms with Crippen molar-refractivity contribution in [3.63, 3.8) is 0 Å². The zero-order valence-corrected chi connectivity index (χ0v) is 17.1. The summed E-state index contributed by atoms with van der Waals surface area (Å²) in [6.45, 7) is 0. The lowest BCUT2D eigenvalue weighted by Crippen LogP contribution is -2.11. The Kier molecular flexibility index (Phi) is 5.20. The second kappa shape index (κ2) is 7.82. The van der Waals surface area contributed by atoms with Crippen LogP contribution in [-0.2, 0) is 10.0 Å². The van der Waals surface area contributed by atoms with Crippen molar-refractivity contribution in [3.8, 4) is 5.75 Å². The van der Waals surface area contributed by atoms with E-state index < -0.39 is 15.8 Å². The Hall–Kier alpha value is -3.35. The van der Waals surface area contributed by atoms with Crippen molar-refractivity contribution in [2.75, 3.05) is 17.7 Å². The molecule has 0 spiro atoms. The minimum absolute atomic E-state index is 0.0251. The first-order chi connectivity index (χ1) is 14.3. The first-order valence-electron chi connectivity index (χ1n) is 8.46. The van der Waals surface area contributed by atoms with Crippen LogP contribution in [0.2, 0.25) is 0 Å². The van der Waals surface area contributed by atoms with Crippen LogP contribution < -0.4 is 20.5 Å². The molecule has 0 amide bonds. The van der Waals surface area contributed by atoms with E-state index in [-0.39, 0.29) is 16.7 Å². The average molecular weight is 446 g/mol. The summed E-state index contributed by atoms with van der Waals surface area (Å²) in [6.07, 6.45) is 1.02. The summed E-state index contributed by atoms with van der Waals surface area (Å²) < 4.78 is 42.9. The van der Waals surface area contributed by atoms with Crippen molar-refractivity contribution in [1.29, 1.82) is 0 Å². The first kappa shape index (κ1) is 19.9. The number of rotatable bonds is 6. The Morgan fingerprint density at radius 2 is 1.87 bits per heavy atom. The number of hydrogen-bond donors (Lipinski definition) is 3. The number of nitrogens with two attached hydrogens (primary N) is 1. The number of nitrogens with zero attached hydrogens (tertiary/aromatic N) is 3. The lowest BCUT2D eigenvalue weighted by molar-refractivity contribution is 0.415. The standard InChI is InChI=1S/C18H15FN6O3S2/c1-28-11-4-7-14-15(8-11)29-18(23-14)25-16-13(19)9-21-17(24-16)22-10-2-5-12(6-3-10)30(20,26)27/h2-9H,1H3,(H2,20,26,27)(H2,21,22,23,24,25). The van der Waals surface area contributed by atoms with Gasteiger partial charge in [-0.2, -0.15) is 4.98 Å². The average Bonchev–Trinajstić information content (AvgIpc) is 3.11. The van der Waals surface area contributed by atoms with Crippen LogP contribution in [0.1, 0.15) is 0 Å². The van der Waals surface area contributed by atoms with Gasteiger partial charge in [0.25, 0.3) is 0 Å². The van der Waals surface area contributed by atoms with Crippen LogP contribution in [0.3, 0.4) is 0 Å². The number of thiazole rings is 1. The van der Waals surface area contributed by atoms with Gasteiger partial charge in [0, 0.05) is 5.69 Å². The minimum atomic E-state index is -3.79. The van der Waals surface area contributed by atoms with E-state index in [4.69, 9.17) is 9.88 Å². The number of anilines is 4. The molecule has 0 atom stereocenters. The molecule has 30 heavy (non-hydrogen) atoms. The summed E-state index contributed by atoms with van der Waals surface area (Å²) >= 11 is 1.33. The quantitative estimate of drug-likeness (QED) is 0.411. The highest BCUT2D eigenvalue weighted by Crippen LogP contribution is 2.31. The van der Waals surface area contributed by atoms with Crippen LogP contribution in [0, 0.1) is 5.82 Å². The van der Waals surface area contributed by atoms with Crippen molar-refractivity contribution < 1.29 is 17.5 Å². The Labute approximate surface area is 174 Å². The number of ether oxygens (including phenoxy) is 1. The second-order valence-corrected chi connectivity index (χ2v) is 8.65. The lowest BCUT2D eigenvalue weighted by Gasteiger charge is -2.08. The van der Waals surface area contributed by atoms with Crippen molar-refractivity contribution in [1.82, 2.24) is 15.0 Å². The SMILES string of the molecule is COc1ccc2nc(Nc3nc(Nc4ccc(S(N)(=O)=O)cc4)ncc3F)sc2c1. The Balaban J connectivity index is 1.56. The zero-order chi connectivity index (χ0) is 21.3. The van der Waals surface area contributed by atoms with Crippen molar-refractivity contribution >= 4 is 54.2 Å². The van der Waals surface area contributed by atoms with Gasteiger partial charge in [0.05, 0.1) is 28.4 Å². The van der Waals surface area contributed by atoms with E-state index in [2.05, 4.69) is 25.6 Å². The molecule has 4 aromatic rings. The smallest absolute Gasteiger partial charge is 0.238 e. The topological polar surface area (TPSA) is 132 Å². The molecule has 9 nitrogen and oxygen atoms in total. The molecule has 2 heterocycles. The van der Waals surface area contributed by atoms with Gasteiger partial charge in [-0.3, -0.25) is 0 Å². The number of primary sulfonamides is 1.